The number of carbonyl (C=O) groups is 2. The highest BCUT2D eigenvalue weighted by Gasteiger charge is 2.36. The highest BCUT2D eigenvalue weighted by molar-refractivity contribution is 5.77. The number of nitrogens with zero attached hydrogens (tertiary/aromatic N) is 1. The molecule has 0 spiro atoms. The topological polar surface area (TPSA) is 78.9 Å². The van der Waals surface area contributed by atoms with Crippen molar-refractivity contribution in [1.82, 2.24) is 10.2 Å². The van der Waals surface area contributed by atoms with E-state index in [1.165, 1.54) is 4.90 Å². The van der Waals surface area contributed by atoms with Crippen LogP contribution in [0.4, 0.5) is 4.79 Å². The SMILES string of the molecule is CC1CC1NC(=O)N1CCOC(C(=O)O)C1. The van der Waals surface area contributed by atoms with Crippen molar-refractivity contribution in [3.05, 3.63) is 0 Å². The Morgan fingerprint density at radius 1 is 1.50 bits per heavy atom. The molecule has 6 heteroatoms. The second-order valence-corrected chi connectivity index (χ2v) is 4.41. The highest BCUT2D eigenvalue weighted by atomic mass is 16.5. The Balaban J connectivity index is 1.83. The van der Waals surface area contributed by atoms with Crippen LogP contribution >= 0.6 is 0 Å². The van der Waals surface area contributed by atoms with Crippen molar-refractivity contribution in [3.8, 4) is 0 Å². The van der Waals surface area contributed by atoms with Gasteiger partial charge in [0.05, 0.1) is 13.2 Å². The van der Waals surface area contributed by atoms with Gasteiger partial charge in [-0.05, 0) is 12.3 Å². The van der Waals surface area contributed by atoms with Gasteiger partial charge in [0.2, 0.25) is 0 Å². The number of carboxylic acid groups (broad SMARTS) is 1. The summed E-state index contributed by atoms with van der Waals surface area (Å²) < 4.78 is 5.04. The van der Waals surface area contributed by atoms with Gasteiger partial charge in [0.1, 0.15) is 0 Å². The number of hydrogen-bond donors (Lipinski definition) is 2. The molecule has 1 saturated heterocycles. The van der Waals surface area contributed by atoms with E-state index >= 15 is 0 Å². The van der Waals surface area contributed by atoms with Crippen LogP contribution in [0, 0.1) is 5.92 Å². The van der Waals surface area contributed by atoms with Crippen molar-refractivity contribution in [3.63, 3.8) is 0 Å². The Kier molecular flexibility index (Phi) is 3.00. The number of rotatable bonds is 2. The Bertz CT molecular complexity index is 307. The lowest BCUT2D eigenvalue weighted by molar-refractivity contribution is -0.154. The highest BCUT2D eigenvalue weighted by Crippen LogP contribution is 2.29. The van der Waals surface area contributed by atoms with Crippen LogP contribution in [-0.4, -0.2) is 53.8 Å². The van der Waals surface area contributed by atoms with Gasteiger partial charge in [-0.3, -0.25) is 0 Å². The summed E-state index contributed by atoms with van der Waals surface area (Å²) in [7, 11) is 0. The van der Waals surface area contributed by atoms with Crippen LogP contribution in [0.1, 0.15) is 13.3 Å². The summed E-state index contributed by atoms with van der Waals surface area (Å²) in [5.74, 6) is -0.474. The molecule has 2 N–H and O–H groups in total. The van der Waals surface area contributed by atoms with Crippen LogP contribution < -0.4 is 5.32 Å². The number of amides is 2. The van der Waals surface area contributed by atoms with E-state index in [-0.39, 0.29) is 25.2 Å². The summed E-state index contributed by atoms with van der Waals surface area (Å²) in [6.45, 7) is 2.94. The second kappa shape index (κ2) is 4.29. The number of carbonyl (C=O) groups excluding carboxylic acids is 1. The zero-order valence-corrected chi connectivity index (χ0v) is 9.18. The summed E-state index contributed by atoms with van der Waals surface area (Å²) >= 11 is 0. The first kappa shape index (κ1) is 11.2. The largest absolute Gasteiger partial charge is 0.479 e. The minimum Gasteiger partial charge on any atom is -0.479 e. The molecule has 1 saturated carbocycles. The molecule has 0 bridgehead atoms. The number of hydrogen-bond acceptors (Lipinski definition) is 3. The van der Waals surface area contributed by atoms with Crippen molar-refractivity contribution < 1.29 is 19.4 Å². The van der Waals surface area contributed by atoms with Gasteiger partial charge in [0.25, 0.3) is 0 Å². The number of carboxylic acids is 1. The molecule has 6 nitrogen and oxygen atoms in total. The van der Waals surface area contributed by atoms with Crippen molar-refractivity contribution in [2.45, 2.75) is 25.5 Å². The molecule has 1 aliphatic carbocycles. The Hall–Kier alpha value is -1.30. The number of urea groups is 1. The van der Waals surface area contributed by atoms with Gasteiger partial charge >= 0.3 is 12.0 Å². The minimum atomic E-state index is -1.02. The average Bonchev–Trinajstić information content (AvgIpc) is 2.94. The minimum absolute atomic E-state index is 0.127. The molecule has 2 fully saturated rings. The summed E-state index contributed by atoms with van der Waals surface area (Å²) in [5.41, 5.74) is 0. The van der Waals surface area contributed by atoms with Gasteiger partial charge in [0, 0.05) is 12.6 Å². The molecule has 0 aromatic rings. The molecule has 1 aliphatic heterocycles. The molecule has 0 aromatic heterocycles. The molecule has 2 aliphatic rings. The van der Waals surface area contributed by atoms with E-state index in [1.54, 1.807) is 0 Å². The summed E-state index contributed by atoms with van der Waals surface area (Å²) in [5, 5.41) is 11.7. The number of nitrogens with one attached hydrogen (secondary N) is 1. The first-order valence-corrected chi connectivity index (χ1v) is 5.48. The van der Waals surface area contributed by atoms with Crippen LogP contribution in [0.2, 0.25) is 0 Å². The molecule has 90 valence electrons. The molecular formula is C10H16N2O4. The lowest BCUT2D eigenvalue weighted by Gasteiger charge is -2.30. The maximum atomic E-state index is 11.7. The standard InChI is InChI=1S/C10H16N2O4/c1-6-4-7(6)11-10(15)12-2-3-16-8(5-12)9(13)14/h6-8H,2-5H2,1H3,(H,11,15)(H,13,14). The summed E-state index contributed by atoms with van der Waals surface area (Å²) in [6, 6.07) is 0.0857. The van der Waals surface area contributed by atoms with E-state index in [0.717, 1.165) is 6.42 Å². The van der Waals surface area contributed by atoms with Gasteiger partial charge in [-0.15, -0.1) is 0 Å². The quantitative estimate of drug-likeness (QED) is 0.691. The molecule has 2 rings (SSSR count). The third-order valence-electron chi connectivity index (χ3n) is 3.05. The van der Waals surface area contributed by atoms with E-state index < -0.39 is 12.1 Å². The predicted molar refractivity (Wildman–Crippen MR) is 55.0 cm³/mol. The Labute approximate surface area is 93.6 Å². The van der Waals surface area contributed by atoms with Crippen LogP contribution in [0.5, 0.6) is 0 Å². The molecular weight excluding hydrogens is 212 g/mol. The van der Waals surface area contributed by atoms with E-state index in [2.05, 4.69) is 12.2 Å². The fraction of sp³-hybridized carbons (Fsp3) is 0.800. The first-order chi connectivity index (χ1) is 7.58. The van der Waals surface area contributed by atoms with E-state index in [4.69, 9.17) is 9.84 Å². The van der Waals surface area contributed by atoms with E-state index in [1.807, 2.05) is 0 Å². The molecule has 3 atom stereocenters. The zero-order chi connectivity index (χ0) is 11.7. The first-order valence-electron chi connectivity index (χ1n) is 5.48. The van der Waals surface area contributed by atoms with Crippen LogP contribution in [-0.2, 0) is 9.53 Å². The molecule has 2 amide bonds. The monoisotopic (exact) mass is 228 g/mol. The smallest absolute Gasteiger partial charge is 0.334 e. The molecule has 0 aromatic carbocycles. The number of ether oxygens (including phenoxy) is 1. The van der Waals surface area contributed by atoms with Crippen molar-refractivity contribution in [1.29, 1.82) is 0 Å². The number of aliphatic carboxylic acids is 1. The predicted octanol–water partition coefficient (Wildman–Crippen LogP) is -0.110. The van der Waals surface area contributed by atoms with Gasteiger partial charge in [-0.2, -0.15) is 0 Å². The van der Waals surface area contributed by atoms with E-state index in [9.17, 15) is 9.59 Å². The normalized spacial score (nSPS) is 33.3. The molecule has 16 heavy (non-hydrogen) atoms. The van der Waals surface area contributed by atoms with Gasteiger partial charge in [-0.25, -0.2) is 9.59 Å². The zero-order valence-electron chi connectivity index (χ0n) is 9.18. The fourth-order valence-corrected chi connectivity index (χ4v) is 1.76. The van der Waals surface area contributed by atoms with Crippen molar-refractivity contribution in [2.75, 3.05) is 19.7 Å². The Morgan fingerprint density at radius 3 is 2.75 bits per heavy atom. The van der Waals surface area contributed by atoms with Gasteiger partial charge in [-0.1, -0.05) is 6.92 Å². The van der Waals surface area contributed by atoms with Crippen LogP contribution in [0.3, 0.4) is 0 Å². The maximum Gasteiger partial charge on any atom is 0.334 e. The van der Waals surface area contributed by atoms with Crippen molar-refractivity contribution >= 4 is 12.0 Å². The van der Waals surface area contributed by atoms with E-state index in [0.29, 0.717) is 12.5 Å². The van der Waals surface area contributed by atoms with Crippen LogP contribution in [0.15, 0.2) is 0 Å². The number of morpholine rings is 1. The lowest BCUT2D eigenvalue weighted by Crippen LogP contribution is -2.52. The third kappa shape index (κ3) is 2.44. The summed E-state index contributed by atoms with van der Waals surface area (Å²) in [4.78, 5) is 24.0. The third-order valence-corrected chi connectivity index (χ3v) is 3.05. The Morgan fingerprint density at radius 2 is 2.19 bits per heavy atom. The van der Waals surface area contributed by atoms with Gasteiger partial charge in [0.15, 0.2) is 6.10 Å². The van der Waals surface area contributed by atoms with Crippen molar-refractivity contribution in [2.24, 2.45) is 5.92 Å². The average molecular weight is 228 g/mol. The lowest BCUT2D eigenvalue weighted by atomic mass is 10.3. The fourth-order valence-electron chi connectivity index (χ4n) is 1.76. The summed E-state index contributed by atoms with van der Waals surface area (Å²) in [6.07, 6.45) is 0.120. The second-order valence-electron chi connectivity index (χ2n) is 4.41. The van der Waals surface area contributed by atoms with Crippen LogP contribution in [0.25, 0.3) is 0 Å². The molecule has 0 radical (unpaired) electrons. The maximum absolute atomic E-state index is 11.7. The molecule has 1 heterocycles. The van der Waals surface area contributed by atoms with Gasteiger partial charge < -0.3 is 20.1 Å². The molecule has 3 unspecified atom stereocenters.